The van der Waals surface area contributed by atoms with Crippen LogP contribution < -0.4 is 0 Å². The molecule has 19 heavy (non-hydrogen) atoms. The lowest BCUT2D eigenvalue weighted by atomic mass is 10.1. The molecule has 0 bridgehead atoms. The molecule has 0 saturated heterocycles. The van der Waals surface area contributed by atoms with E-state index in [1.165, 1.54) is 23.1 Å². The third-order valence-electron chi connectivity index (χ3n) is 2.62. The van der Waals surface area contributed by atoms with Gasteiger partial charge >= 0.3 is 0 Å². The van der Waals surface area contributed by atoms with Gasteiger partial charge in [-0.15, -0.1) is 11.6 Å². The second kappa shape index (κ2) is 7.31. The molecule has 0 spiro atoms. The maximum Gasteiger partial charge on any atom is 0.282 e. The molecule has 1 rings (SSSR count). The summed E-state index contributed by atoms with van der Waals surface area (Å²) in [6.45, 7) is 2.73. The Morgan fingerprint density at radius 3 is 2.68 bits per heavy atom. The highest BCUT2D eigenvalue weighted by atomic mass is 35.5. The van der Waals surface area contributed by atoms with Crippen molar-refractivity contribution in [3.63, 3.8) is 0 Å². The number of benzene rings is 1. The Kier molecular flexibility index (Phi) is 6.05. The van der Waals surface area contributed by atoms with E-state index in [0.29, 0.717) is 30.4 Å². The van der Waals surface area contributed by atoms with E-state index in [2.05, 4.69) is 0 Å². The SMILES string of the molecule is CCN(CCCCl)C(=O)c1cc(Cl)ccc1[N+](=O)[O-]. The Balaban J connectivity index is 3.09. The van der Waals surface area contributed by atoms with E-state index in [4.69, 9.17) is 23.2 Å². The highest BCUT2D eigenvalue weighted by Crippen LogP contribution is 2.24. The van der Waals surface area contributed by atoms with Crippen molar-refractivity contribution in [2.24, 2.45) is 0 Å². The Morgan fingerprint density at radius 2 is 2.16 bits per heavy atom. The fourth-order valence-corrected chi connectivity index (χ4v) is 1.95. The van der Waals surface area contributed by atoms with Gasteiger partial charge in [0.25, 0.3) is 11.6 Å². The lowest BCUT2D eigenvalue weighted by molar-refractivity contribution is -0.385. The minimum absolute atomic E-state index is 0.00826. The van der Waals surface area contributed by atoms with Gasteiger partial charge < -0.3 is 4.90 Å². The summed E-state index contributed by atoms with van der Waals surface area (Å²) < 4.78 is 0. The molecule has 0 radical (unpaired) electrons. The van der Waals surface area contributed by atoms with Gasteiger partial charge in [-0.3, -0.25) is 14.9 Å². The molecule has 1 aromatic carbocycles. The number of nitrogens with zero attached hydrogens (tertiary/aromatic N) is 2. The first-order chi connectivity index (χ1) is 9.01. The van der Waals surface area contributed by atoms with Crippen molar-refractivity contribution in [1.82, 2.24) is 4.90 Å². The van der Waals surface area contributed by atoms with Crippen LogP contribution in [0.5, 0.6) is 0 Å². The first-order valence-electron chi connectivity index (χ1n) is 5.80. The van der Waals surface area contributed by atoms with Crippen molar-refractivity contribution < 1.29 is 9.72 Å². The average Bonchev–Trinajstić information content (AvgIpc) is 2.38. The quantitative estimate of drug-likeness (QED) is 0.460. The van der Waals surface area contributed by atoms with E-state index >= 15 is 0 Å². The molecular weight excluding hydrogens is 291 g/mol. The van der Waals surface area contributed by atoms with Gasteiger partial charge in [0, 0.05) is 30.1 Å². The number of hydrogen-bond donors (Lipinski definition) is 0. The predicted octanol–water partition coefficient (Wildman–Crippen LogP) is 3.34. The molecule has 0 aliphatic rings. The first kappa shape index (κ1) is 15.7. The van der Waals surface area contributed by atoms with Crippen LogP contribution in [-0.2, 0) is 0 Å². The average molecular weight is 305 g/mol. The summed E-state index contributed by atoms with van der Waals surface area (Å²) in [7, 11) is 0. The number of halogens is 2. The molecule has 1 aromatic rings. The first-order valence-corrected chi connectivity index (χ1v) is 6.71. The Bertz CT molecular complexity index is 480. The van der Waals surface area contributed by atoms with E-state index in [1.54, 1.807) is 0 Å². The number of nitro benzene ring substituents is 1. The minimum Gasteiger partial charge on any atom is -0.339 e. The Morgan fingerprint density at radius 1 is 1.47 bits per heavy atom. The van der Waals surface area contributed by atoms with Gasteiger partial charge in [-0.05, 0) is 25.5 Å². The fraction of sp³-hybridized carbons (Fsp3) is 0.417. The smallest absolute Gasteiger partial charge is 0.282 e. The third kappa shape index (κ3) is 4.08. The number of carbonyl (C=O) groups excluding carboxylic acids is 1. The minimum atomic E-state index is -0.584. The van der Waals surface area contributed by atoms with Crippen LogP contribution in [0, 0.1) is 10.1 Å². The maximum atomic E-state index is 12.3. The van der Waals surface area contributed by atoms with Crippen LogP contribution in [-0.4, -0.2) is 34.7 Å². The summed E-state index contributed by atoms with van der Waals surface area (Å²) in [6, 6.07) is 3.96. The topological polar surface area (TPSA) is 63.5 Å². The molecular formula is C12H14Cl2N2O3. The molecule has 0 N–H and O–H groups in total. The zero-order valence-corrected chi connectivity index (χ0v) is 11.9. The molecule has 1 amide bonds. The van der Waals surface area contributed by atoms with Crippen LogP contribution in [0.25, 0.3) is 0 Å². The lowest BCUT2D eigenvalue weighted by Gasteiger charge is -2.20. The van der Waals surface area contributed by atoms with Gasteiger partial charge in [0.15, 0.2) is 0 Å². The van der Waals surface area contributed by atoms with Gasteiger partial charge in [-0.1, -0.05) is 11.6 Å². The van der Waals surface area contributed by atoms with Crippen LogP contribution in [0.1, 0.15) is 23.7 Å². The molecule has 5 nitrogen and oxygen atoms in total. The summed E-state index contributed by atoms with van der Waals surface area (Å²) in [5, 5.41) is 11.2. The molecule has 0 aliphatic carbocycles. The van der Waals surface area contributed by atoms with Crippen LogP contribution >= 0.6 is 23.2 Å². The van der Waals surface area contributed by atoms with Crippen LogP contribution in [0.3, 0.4) is 0 Å². The summed E-state index contributed by atoms with van der Waals surface area (Å²) >= 11 is 11.4. The molecule has 104 valence electrons. The van der Waals surface area contributed by atoms with E-state index in [1.807, 2.05) is 6.92 Å². The molecule has 7 heteroatoms. The second-order valence-corrected chi connectivity index (χ2v) is 4.66. The number of amides is 1. The van der Waals surface area contributed by atoms with Crippen molar-refractivity contribution >= 4 is 34.8 Å². The van der Waals surface area contributed by atoms with E-state index in [9.17, 15) is 14.9 Å². The largest absolute Gasteiger partial charge is 0.339 e. The molecule has 0 unspecified atom stereocenters. The molecule has 0 atom stereocenters. The van der Waals surface area contributed by atoms with Crippen molar-refractivity contribution in [2.75, 3.05) is 19.0 Å². The fourth-order valence-electron chi connectivity index (χ4n) is 1.66. The van der Waals surface area contributed by atoms with Crippen LogP contribution in [0.2, 0.25) is 5.02 Å². The number of hydrogen-bond acceptors (Lipinski definition) is 3. The maximum absolute atomic E-state index is 12.3. The number of rotatable bonds is 6. The highest BCUT2D eigenvalue weighted by Gasteiger charge is 2.24. The van der Waals surface area contributed by atoms with Crippen LogP contribution in [0.4, 0.5) is 5.69 Å². The van der Waals surface area contributed by atoms with Crippen molar-refractivity contribution in [3.8, 4) is 0 Å². The molecule has 0 heterocycles. The summed E-state index contributed by atoms with van der Waals surface area (Å²) in [4.78, 5) is 24.1. The molecule has 0 aliphatic heterocycles. The van der Waals surface area contributed by atoms with Gasteiger partial charge in [0.2, 0.25) is 0 Å². The zero-order chi connectivity index (χ0) is 14.4. The van der Waals surface area contributed by atoms with E-state index in [-0.39, 0.29) is 11.3 Å². The Labute approximate surface area is 121 Å². The van der Waals surface area contributed by atoms with Gasteiger partial charge in [-0.25, -0.2) is 0 Å². The van der Waals surface area contributed by atoms with Crippen molar-refractivity contribution in [3.05, 3.63) is 38.9 Å². The van der Waals surface area contributed by atoms with E-state index in [0.717, 1.165) is 0 Å². The molecule has 0 aromatic heterocycles. The van der Waals surface area contributed by atoms with Crippen molar-refractivity contribution in [2.45, 2.75) is 13.3 Å². The van der Waals surface area contributed by atoms with Gasteiger partial charge in [0.1, 0.15) is 5.56 Å². The summed E-state index contributed by atoms with van der Waals surface area (Å²) in [5.41, 5.74) is -0.229. The third-order valence-corrected chi connectivity index (χ3v) is 3.12. The standard InChI is InChI=1S/C12H14Cl2N2O3/c1-2-15(7-3-6-13)12(17)10-8-9(14)4-5-11(10)16(18)19/h4-5,8H,2-3,6-7H2,1H3. The predicted molar refractivity (Wildman–Crippen MR) is 75.0 cm³/mol. The normalized spacial score (nSPS) is 10.3. The van der Waals surface area contributed by atoms with Gasteiger partial charge in [-0.2, -0.15) is 0 Å². The van der Waals surface area contributed by atoms with Crippen LogP contribution in [0.15, 0.2) is 18.2 Å². The monoisotopic (exact) mass is 304 g/mol. The number of nitro groups is 1. The van der Waals surface area contributed by atoms with Gasteiger partial charge in [0.05, 0.1) is 4.92 Å². The number of carbonyl (C=O) groups is 1. The summed E-state index contributed by atoms with van der Waals surface area (Å²) in [5.74, 6) is 0.0309. The summed E-state index contributed by atoms with van der Waals surface area (Å²) in [6.07, 6.45) is 0.634. The number of alkyl halides is 1. The van der Waals surface area contributed by atoms with Crippen molar-refractivity contribution in [1.29, 1.82) is 0 Å². The zero-order valence-electron chi connectivity index (χ0n) is 10.4. The molecule has 0 fully saturated rings. The Hall–Kier alpha value is -1.33. The highest BCUT2D eigenvalue weighted by molar-refractivity contribution is 6.31. The lowest BCUT2D eigenvalue weighted by Crippen LogP contribution is -2.32. The second-order valence-electron chi connectivity index (χ2n) is 3.85. The van der Waals surface area contributed by atoms with E-state index < -0.39 is 10.8 Å². The molecule has 0 saturated carbocycles.